The molecule has 0 radical (unpaired) electrons. The summed E-state index contributed by atoms with van der Waals surface area (Å²) in [5, 5.41) is 12.7. The third kappa shape index (κ3) is 5.58. The Bertz CT molecular complexity index is 984. The summed E-state index contributed by atoms with van der Waals surface area (Å²) in [5.74, 6) is 1.43. The molecule has 0 atom stereocenters. The summed E-state index contributed by atoms with van der Waals surface area (Å²) in [7, 11) is 0. The van der Waals surface area contributed by atoms with E-state index in [1.165, 1.54) is 12.5 Å². The van der Waals surface area contributed by atoms with Crippen molar-refractivity contribution in [3.8, 4) is 0 Å². The van der Waals surface area contributed by atoms with Crippen molar-refractivity contribution in [3.63, 3.8) is 0 Å². The van der Waals surface area contributed by atoms with Gasteiger partial charge in [-0.05, 0) is 43.2 Å². The van der Waals surface area contributed by atoms with Crippen molar-refractivity contribution in [3.05, 3.63) is 65.7 Å². The van der Waals surface area contributed by atoms with Gasteiger partial charge in [0, 0.05) is 23.7 Å². The predicted molar refractivity (Wildman–Crippen MR) is 115 cm³/mol. The fraction of sp³-hybridized carbons (Fsp3) is 0.409. The number of halogens is 3. The molecule has 2 heterocycles. The van der Waals surface area contributed by atoms with Gasteiger partial charge in [0.05, 0.1) is 17.8 Å². The maximum atomic E-state index is 13.0. The predicted octanol–water partition coefficient (Wildman–Crippen LogP) is 6.10. The molecule has 0 saturated heterocycles. The van der Waals surface area contributed by atoms with E-state index in [1.807, 2.05) is 18.2 Å². The molecule has 3 aromatic rings. The number of aromatic nitrogens is 4. The van der Waals surface area contributed by atoms with Gasteiger partial charge in [-0.15, -0.1) is 10.2 Å². The van der Waals surface area contributed by atoms with Gasteiger partial charge in [0.15, 0.2) is 11.0 Å². The van der Waals surface area contributed by atoms with Crippen molar-refractivity contribution in [1.29, 1.82) is 0 Å². The number of benzene rings is 1. The highest BCUT2D eigenvalue weighted by atomic mass is 32.2. The molecule has 1 N–H and O–H groups in total. The van der Waals surface area contributed by atoms with Crippen LogP contribution in [0.3, 0.4) is 0 Å². The van der Waals surface area contributed by atoms with E-state index < -0.39 is 11.7 Å². The molecule has 1 saturated carbocycles. The Labute approximate surface area is 183 Å². The number of rotatable bonds is 7. The van der Waals surface area contributed by atoms with Crippen LogP contribution in [0, 0.1) is 0 Å². The molecule has 0 bridgehead atoms. The zero-order chi connectivity index (χ0) is 21.7. The lowest BCUT2D eigenvalue weighted by Crippen LogP contribution is -2.18. The highest BCUT2D eigenvalue weighted by molar-refractivity contribution is 7.98. The van der Waals surface area contributed by atoms with Gasteiger partial charge in [-0.2, -0.15) is 13.2 Å². The van der Waals surface area contributed by atoms with Crippen LogP contribution in [-0.2, 0) is 18.5 Å². The molecule has 2 aromatic heterocycles. The molecule has 9 heteroatoms. The average Bonchev–Trinajstić information content (AvgIpc) is 3.20. The average molecular weight is 448 g/mol. The first-order valence-electron chi connectivity index (χ1n) is 10.4. The monoisotopic (exact) mass is 447 g/mol. The quantitative estimate of drug-likeness (QED) is 0.444. The number of thioether (sulfide) groups is 1. The lowest BCUT2D eigenvalue weighted by Gasteiger charge is -2.25. The van der Waals surface area contributed by atoms with E-state index >= 15 is 0 Å². The summed E-state index contributed by atoms with van der Waals surface area (Å²) in [6, 6.07) is 11.4. The molecule has 164 valence electrons. The number of nitrogens with zero attached hydrogens (tertiary/aromatic N) is 4. The van der Waals surface area contributed by atoms with Gasteiger partial charge in [0.2, 0.25) is 0 Å². The van der Waals surface area contributed by atoms with Crippen molar-refractivity contribution in [2.75, 3.05) is 5.32 Å². The van der Waals surface area contributed by atoms with Gasteiger partial charge >= 0.3 is 6.18 Å². The number of pyridine rings is 1. The molecule has 31 heavy (non-hydrogen) atoms. The fourth-order valence-electron chi connectivity index (χ4n) is 3.84. The van der Waals surface area contributed by atoms with Gasteiger partial charge in [-0.25, -0.2) is 0 Å². The minimum Gasteiger partial charge on any atom is -0.378 e. The fourth-order valence-corrected chi connectivity index (χ4v) is 4.78. The van der Waals surface area contributed by atoms with Crippen molar-refractivity contribution in [1.82, 2.24) is 19.7 Å². The molecule has 1 aromatic carbocycles. The van der Waals surface area contributed by atoms with Crippen LogP contribution in [0.1, 0.15) is 55.2 Å². The second-order valence-corrected chi connectivity index (χ2v) is 8.55. The first-order chi connectivity index (χ1) is 15.0. The van der Waals surface area contributed by atoms with Crippen LogP contribution >= 0.6 is 11.8 Å². The maximum Gasteiger partial charge on any atom is 0.416 e. The molecular formula is C22H24F3N5S. The maximum absolute atomic E-state index is 13.0. The zero-order valence-corrected chi connectivity index (χ0v) is 17.8. The van der Waals surface area contributed by atoms with Gasteiger partial charge in [-0.1, -0.05) is 43.2 Å². The molecule has 0 amide bonds. The van der Waals surface area contributed by atoms with Crippen LogP contribution in [0.25, 0.3) is 0 Å². The van der Waals surface area contributed by atoms with Crippen LogP contribution in [0.15, 0.2) is 53.8 Å². The summed E-state index contributed by atoms with van der Waals surface area (Å²) in [6.45, 7) is 0.314. The van der Waals surface area contributed by atoms with E-state index in [9.17, 15) is 13.2 Å². The number of nitrogens with one attached hydrogen (secondary N) is 1. The van der Waals surface area contributed by atoms with Crippen LogP contribution in [0.4, 0.5) is 18.9 Å². The SMILES string of the molecule is FC(F)(F)c1cccc(NCc2nnc(SCc3ccccn3)n2C2CCCCC2)c1. The van der Waals surface area contributed by atoms with Gasteiger partial charge in [0.25, 0.3) is 0 Å². The van der Waals surface area contributed by atoms with Crippen molar-refractivity contribution >= 4 is 17.4 Å². The first-order valence-corrected chi connectivity index (χ1v) is 11.4. The minimum atomic E-state index is -4.37. The van der Waals surface area contributed by atoms with Crippen molar-refractivity contribution < 1.29 is 13.2 Å². The first kappa shape index (κ1) is 21.7. The van der Waals surface area contributed by atoms with E-state index in [1.54, 1.807) is 24.0 Å². The Morgan fingerprint density at radius 1 is 1.03 bits per heavy atom. The second-order valence-electron chi connectivity index (χ2n) is 7.60. The molecular weight excluding hydrogens is 423 g/mol. The Morgan fingerprint density at radius 3 is 2.61 bits per heavy atom. The summed E-state index contributed by atoms with van der Waals surface area (Å²) < 4.78 is 41.2. The van der Waals surface area contributed by atoms with E-state index in [0.717, 1.165) is 54.5 Å². The van der Waals surface area contributed by atoms with Gasteiger partial charge in [-0.3, -0.25) is 4.98 Å². The minimum absolute atomic E-state index is 0.313. The number of hydrogen-bond acceptors (Lipinski definition) is 5. The smallest absolute Gasteiger partial charge is 0.378 e. The highest BCUT2D eigenvalue weighted by Gasteiger charge is 2.30. The Hall–Kier alpha value is -2.55. The highest BCUT2D eigenvalue weighted by Crippen LogP contribution is 2.34. The molecule has 0 aliphatic heterocycles. The standard InChI is InChI=1S/C22H24F3N5S/c23-22(24,25)16-7-6-9-17(13-16)27-14-20-28-29-21(30(20)19-10-2-1-3-11-19)31-15-18-8-4-5-12-26-18/h4-9,12-13,19,27H,1-3,10-11,14-15H2. The third-order valence-electron chi connectivity index (χ3n) is 5.39. The Balaban J connectivity index is 1.52. The Kier molecular flexibility index (Phi) is 6.80. The van der Waals surface area contributed by atoms with Gasteiger partial charge in [0.1, 0.15) is 0 Å². The van der Waals surface area contributed by atoms with Crippen LogP contribution in [0.5, 0.6) is 0 Å². The summed E-state index contributed by atoms with van der Waals surface area (Å²) in [4.78, 5) is 4.36. The van der Waals surface area contributed by atoms with Gasteiger partial charge < -0.3 is 9.88 Å². The van der Waals surface area contributed by atoms with Crippen LogP contribution in [0.2, 0.25) is 0 Å². The molecule has 1 fully saturated rings. The topological polar surface area (TPSA) is 55.6 Å². The van der Waals surface area contributed by atoms with Crippen LogP contribution < -0.4 is 5.32 Å². The van der Waals surface area contributed by atoms with Crippen LogP contribution in [-0.4, -0.2) is 19.7 Å². The Morgan fingerprint density at radius 2 is 1.87 bits per heavy atom. The normalized spacial score (nSPS) is 15.2. The second kappa shape index (κ2) is 9.72. The van der Waals surface area contributed by atoms with E-state index in [-0.39, 0.29) is 0 Å². The largest absolute Gasteiger partial charge is 0.416 e. The molecule has 5 nitrogen and oxygen atoms in total. The number of hydrogen-bond donors (Lipinski definition) is 1. The summed E-state index contributed by atoms with van der Waals surface area (Å²) >= 11 is 1.59. The number of alkyl halides is 3. The molecule has 4 rings (SSSR count). The zero-order valence-electron chi connectivity index (χ0n) is 17.0. The van der Waals surface area contributed by atoms with Crippen molar-refractivity contribution in [2.45, 2.75) is 61.8 Å². The molecule has 0 unspecified atom stereocenters. The van der Waals surface area contributed by atoms with E-state index in [2.05, 4.69) is 25.1 Å². The lowest BCUT2D eigenvalue weighted by atomic mass is 9.95. The number of anilines is 1. The summed E-state index contributed by atoms with van der Waals surface area (Å²) in [6.07, 6.45) is 3.08. The summed E-state index contributed by atoms with van der Waals surface area (Å²) in [5.41, 5.74) is 0.711. The molecule has 0 spiro atoms. The van der Waals surface area contributed by atoms with E-state index in [4.69, 9.17) is 0 Å². The third-order valence-corrected chi connectivity index (χ3v) is 6.37. The lowest BCUT2D eigenvalue weighted by molar-refractivity contribution is -0.137. The molecule has 1 aliphatic carbocycles. The van der Waals surface area contributed by atoms with E-state index in [0.29, 0.717) is 24.0 Å². The molecule has 1 aliphatic rings. The van der Waals surface area contributed by atoms with Crippen molar-refractivity contribution in [2.24, 2.45) is 0 Å².